The number of thioether (sulfide) groups is 1. The average molecular weight is 519 g/mol. The molecule has 1 heterocycles. The minimum Gasteiger partial charge on any atom is -0.493 e. The largest absolute Gasteiger partial charge is 0.493 e. The number of methoxy groups -OCH3 is 1. The van der Waals surface area contributed by atoms with Crippen LogP contribution in [-0.2, 0) is 4.79 Å². The number of carbonyl (C=O) groups is 2. The van der Waals surface area contributed by atoms with Gasteiger partial charge in [0.15, 0.2) is 16.7 Å². The number of carbonyl (C=O) groups excluding carboxylic acids is 1. The van der Waals surface area contributed by atoms with Crippen LogP contribution in [0.5, 0.6) is 11.5 Å². The van der Waals surface area contributed by atoms with Crippen molar-refractivity contribution >= 4 is 56.5 Å². The van der Waals surface area contributed by atoms with E-state index >= 15 is 0 Å². The van der Waals surface area contributed by atoms with E-state index < -0.39 is 5.97 Å². The summed E-state index contributed by atoms with van der Waals surface area (Å²) in [6.45, 7) is 2.69. The van der Waals surface area contributed by atoms with E-state index in [-0.39, 0.29) is 11.5 Å². The molecule has 0 unspecified atom stereocenters. The summed E-state index contributed by atoms with van der Waals surface area (Å²) in [5.74, 6) is -0.0176. The van der Waals surface area contributed by atoms with Gasteiger partial charge in [0.1, 0.15) is 0 Å². The molecular formula is C23H23BrN2O5S. The van der Waals surface area contributed by atoms with Gasteiger partial charge in [0.05, 0.1) is 34.3 Å². The first-order valence-electron chi connectivity index (χ1n) is 9.94. The molecule has 2 aromatic carbocycles. The van der Waals surface area contributed by atoms with Crippen molar-refractivity contribution in [2.75, 3.05) is 20.8 Å². The second kappa shape index (κ2) is 10.7. The maximum Gasteiger partial charge on any atom is 0.335 e. The van der Waals surface area contributed by atoms with E-state index in [1.165, 1.54) is 28.8 Å². The molecule has 7 nitrogen and oxygen atoms in total. The Labute approximate surface area is 199 Å². The summed E-state index contributed by atoms with van der Waals surface area (Å²) in [5, 5.41) is 9.63. The number of ether oxygens (including phenoxy) is 2. The lowest BCUT2D eigenvalue weighted by molar-refractivity contribution is -0.121. The lowest BCUT2D eigenvalue weighted by Crippen LogP contribution is -2.23. The fourth-order valence-electron chi connectivity index (χ4n) is 2.90. The minimum atomic E-state index is -1.03. The standard InChI is InChI=1S/C23H23BrN2O5S/c1-4-5-9-31-20-17(24)10-14(11-18(20)30-3)12-19-21(27)26(2)23(32-19)25-16-8-6-7-15(13-16)22(28)29/h6-8,10-13H,4-5,9H2,1-3H3,(H,28,29)/b19-12+,25-23?. The van der Waals surface area contributed by atoms with Gasteiger partial charge < -0.3 is 14.6 Å². The molecule has 1 aliphatic heterocycles. The molecule has 0 saturated carbocycles. The van der Waals surface area contributed by atoms with Crippen LogP contribution in [0.3, 0.4) is 0 Å². The van der Waals surface area contributed by atoms with E-state index in [1.807, 2.05) is 12.1 Å². The first-order valence-corrected chi connectivity index (χ1v) is 11.5. The fourth-order valence-corrected chi connectivity index (χ4v) is 4.46. The van der Waals surface area contributed by atoms with Crippen LogP contribution < -0.4 is 9.47 Å². The molecular weight excluding hydrogens is 496 g/mol. The number of halogens is 1. The van der Waals surface area contributed by atoms with Crippen molar-refractivity contribution in [2.45, 2.75) is 19.8 Å². The number of carboxylic acids is 1. The zero-order chi connectivity index (χ0) is 23.3. The quantitative estimate of drug-likeness (QED) is 0.363. The zero-order valence-corrected chi connectivity index (χ0v) is 20.3. The number of hydrogen-bond donors (Lipinski definition) is 1. The van der Waals surface area contributed by atoms with E-state index in [4.69, 9.17) is 14.6 Å². The fraction of sp³-hybridized carbons (Fsp3) is 0.261. The molecule has 1 fully saturated rings. The third kappa shape index (κ3) is 5.52. The van der Waals surface area contributed by atoms with Crippen molar-refractivity contribution < 1.29 is 24.2 Å². The van der Waals surface area contributed by atoms with Crippen LogP contribution in [0, 0.1) is 0 Å². The van der Waals surface area contributed by atoms with Crippen molar-refractivity contribution in [3.05, 3.63) is 56.9 Å². The van der Waals surface area contributed by atoms with Gasteiger partial charge in [-0.1, -0.05) is 19.4 Å². The van der Waals surface area contributed by atoms with Gasteiger partial charge in [0, 0.05) is 7.05 Å². The number of carboxylic acid groups (broad SMARTS) is 1. The molecule has 1 aliphatic rings. The molecule has 3 rings (SSSR count). The first-order chi connectivity index (χ1) is 15.3. The molecule has 1 saturated heterocycles. The highest BCUT2D eigenvalue weighted by Gasteiger charge is 2.30. The number of benzene rings is 2. The van der Waals surface area contributed by atoms with Crippen LogP contribution in [-0.4, -0.2) is 47.8 Å². The highest BCUT2D eigenvalue weighted by molar-refractivity contribution is 9.10. The number of hydrogen-bond acceptors (Lipinski definition) is 6. The normalized spacial score (nSPS) is 16.1. The van der Waals surface area contributed by atoms with Gasteiger partial charge in [-0.2, -0.15) is 0 Å². The third-order valence-corrected chi connectivity index (χ3v) is 6.26. The second-order valence-electron chi connectivity index (χ2n) is 6.96. The van der Waals surface area contributed by atoms with Crippen LogP contribution in [0.4, 0.5) is 5.69 Å². The zero-order valence-electron chi connectivity index (χ0n) is 17.9. The molecule has 0 aromatic heterocycles. The lowest BCUT2D eigenvalue weighted by Gasteiger charge is -2.13. The molecule has 0 spiro atoms. The van der Waals surface area contributed by atoms with Crippen molar-refractivity contribution in [3.63, 3.8) is 0 Å². The molecule has 0 aliphatic carbocycles. The Morgan fingerprint density at radius 2 is 2.09 bits per heavy atom. The monoisotopic (exact) mass is 518 g/mol. The molecule has 0 atom stereocenters. The van der Waals surface area contributed by atoms with E-state index in [1.54, 1.807) is 32.4 Å². The van der Waals surface area contributed by atoms with Gasteiger partial charge in [-0.3, -0.25) is 9.69 Å². The van der Waals surface area contributed by atoms with Gasteiger partial charge in [-0.05, 0) is 76.1 Å². The Kier molecular flexibility index (Phi) is 7.98. The van der Waals surface area contributed by atoms with Crippen molar-refractivity contribution in [1.29, 1.82) is 0 Å². The van der Waals surface area contributed by atoms with E-state index in [9.17, 15) is 9.59 Å². The summed E-state index contributed by atoms with van der Waals surface area (Å²) in [4.78, 5) is 30.3. The number of unbranched alkanes of at least 4 members (excludes halogenated alkanes) is 1. The molecule has 1 N–H and O–H groups in total. The summed E-state index contributed by atoms with van der Waals surface area (Å²) in [5.41, 5.74) is 1.37. The van der Waals surface area contributed by atoms with Crippen LogP contribution in [0.25, 0.3) is 6.08 Å². The maximum absolute atomic E-state index is 12.8. The summed E-state index contributed by atoms with van der Waals surface area (Å²) < 4.78 is 12.1. The Balaban J connectivity index is 1.88. The van der Waals surface area contributed by atoms with Crippen molar-refractivity contribution in [2.24, 2.45) is 4.99 Å². The van der Waals surface area contributed by atoms with E-state index in [2.05, 4.69) is 27.8 Å². The molecule has 0 bridgehead atoms. The van der Waals surface area contributed by atoms with Gasteiger partial charge >= 0.3 is 5.97 Å². The van der Waals surface area contributed by atoms with Crippen molar-refractivity contribution in [3.8, 4) is 11.5 Å². The van der Waals surface area contributed by atoms with Gasteiger partial charge in [-0.15, -0.1) is 0 Å². The van der Waals surface area contributed by atoms with Crippen molar-refractivity contribution in [1.82, 2.24) is 4.90 Å². The van der Waals surface area contributed by atoms with Crippen LogP contribution in [0.2, 0.25) is 0 Å². The number of rotatable bonds is 8. The summed E-state index contributed by atoms with van der Waals surface area (Å²) in [6.07, 6.45) is 3.74. The number of aromatic carboxylic acids is 1. The first kappa shape index (κ1) is 23.9. The van der Waals surface area contributed by atoms with Crippen LogP contribution >= 0.6 is 27.7 Å². The Hall–Kier alpha value is -2.78. The van der Waals surface area contributed by atoms with Gasteiger partial charge in [0.2, 0.25) is 0 Å². The second-order valence-corrected chi connectivity index (χ2v) is 8.82. The maximum atomic E-state index is 12.8. The summed E-state index contributed by atoms with van der Waals surface area (Å²) in [6, 6.07) is 9.97. The smallest absolute Gasteiger partial charge is 0.335 e. The molecule has 1 amide bonds. The summed E-state index contributed by atoms with van der Waals surface area (Å²) >= 11 is 4.76. The lowest BCUT2D eigenvalue weighted by atomic mass is 10.2. The Morgan fingerprint density at radius 3 is 2.78 bits per heavy atom. The highest BCUT2D eigenvalue weighted by atomic mass is 79.9. The third-order valence-electron chi connectivity index (χ3n) is 4.62. The predicted octanol–water partition coefficient (Wildman–Crippen LogP) is 5.57. The highest BCUT2D eigenvalue weighted by Crippen LogP contribution is 2.39. The minimum absolute atomic E-state index is 0.137. The van der Waals surface area contributed by atoms with Gasteiger partial charge in [-0.25, -0.2) is 9.79 Å². The predicted molar refractivity (Wildman–Crippen MR) is 130 cm³/mol. The molecule has 32 heavy (non-hydrogen) atoms. The Morgan fingerprint density at radius 1 is 1.31 bits per heavy atom. The summed E-state index contributed by atoms with van der Waals surface area (Å²) in [7, 11) is 3.21. The van der Waals surface area contributed by atoms with E-state index in [0.29, 0.717) is 33.9 Å². The number of nitrogens with zero attached hydrogens (tertiary/aromatic N) is 2. The van der Waals surface area contributed by atoms with Gasteiger partial charge in [0.25, 0.3) is 5.91 Å². The SMILES string of the molecule is CCCCOc1c(Br)cc(/C=C2/SC(=Nc3cccc(C(=O)O)c3)N(C)C2=O)cc1OC. The average Bonchev–Trinajstić information content (AvgIpc) is 3.02. The molecule has 2 aromatic rings. The van der Waals surface area contributed by atoms with Crippen LogP contribution in [0.1, 0.15) is 35.7 Å². The number of aliphatic imine (C=N–C) groups is 1. The topological polar surface area (TPSA) is 88.4 Å². The molecule has 0 radical (unpaired) electrons. The van der Waals surface area contributed by atoms with E-state index in [0.717, 1.165) is 22.9 Å². The molecule has 9 heteroatoms. The number of likely N-dealkylation sites (N-methyl/N-ethyl adjacent to an activating group) is 1. The number of amides is 1. The Bertz CT molecular complexity index is 1100. The molecule has 168 valence electrons. The number of amidine groups is 1. The van der Waals surface area contributed by atoms with Crippen LogP contribution in [0.15, 0.2) is 50.8 Å².